The van der Waals surface area contributed by atoms with Gasteiger partial charge >= 0.3 is 53.8 Å². The van der Waals surface area contributed by atoms with E-state index >= 15 is 0 Å². The number of aliphatic carboxylic acids is 8. The first kappa shape index (κ1) is 70.5. The summed E-state index contributed by atoms with van der Waals surface area (Å²) in [5.74, 6) is -8.02. The van der Waals surface area contributed by atoms with Gasteiger partial charge in [0, 0.05) is 103 Å². The van der Waals surface area contributed by atoms with Crippen molar-refractivity contribution in [2.24, 2.45) is 5.92 Å². The highest BCUT2D eigenvalue weighted by Gasteiger charge is 2.29. The van der Waals surface area contributed by atoms with Crippen molar-refractivity contribution in [1.82, 2.24) is 50.5 Å². The number of benzene rings is 1. The van der Waals surface area contributed by atoms with Crippen LogP contribution in [0.1, 0.15) is 108 Å². The lowest BCUT2D eigenvalue weighted by molar-refractivity contribution is -0.142. The second-order valence-corrected chi connectivity index (χ2v) is 21.6. The van der Waals surface area contributed by atoms with E-state index in [1.54, 1.807) is 19.6 Å². The van der Waals surface area contributed by atoms with Crippen LogP contribution in [0.5, 0.6) is 0 Å². The molecule has 0 aliphatic carbocycles. The lowest BCUT2D eigenvalue weighted by atomic mass is 9.92. The number of nitrogens with zero attached hydrogens (tertiary/aromatic N) is 8. The van der Waals surface area contributed by atoms with Crippen molar-refractivity contribution >= 4 is 83.2 Å². The lowest BCUT2D eigenvalue weighted by Crippen LogP contribution is -2.53. The van der Waals surface area contributed by atoms with Gasteiger partial charge in [-0.1, -0.05) is 31.4 Å². The molecule has 2 saturated heterocycles. The molecule has 2 aromatic rings. The molecule has 1 aromatic heterocycles. The summed E-state index contributed by atoms with van der Waals surface area (Å²) in [6, 6.07) is 2.85. The van der Waals surface area contributed by atoms with Crippen LogP contribution >= 0.6 is 0 Å². The fraction of sp³-hybridized carbons (Fsp3) is 0.655. The molecule has 31 nitrogen and oxygen atoms in total. The van der Waals surface area contributed by atoms with Crippen molar-refractivity contribution in [3.8, 4) is 0 Å². The first-order valence-corrected chi connectivity index (χ1v) is 29.1. The van der Waals surface area contributed by atoms with Crippen LogP contribution < -0.4 is 31.5 Å². The summed E-state index contributed by atoms with van der Waals surface area (Å²) in [7, 11) is 0. The zero-order chi connectivity index (χ0) is 63.0. The molecule has 0 saturated carbocycles. The largest absolute Gasteiger partial charge is 0.481 e. The second-order valence-electron chi connectivity index (χ2n) is 21.6. The van der Waals surface area contributed by atoms with Crippen LogP contribution in [0.15, 0.2) is 24.3 Å². The molecule has 4 rings (SSSR count). The van der Waals surface area contributed by atoms with Crippen LogP contribution in [0.25, 0.3) is 0 Å². The number of piperidine rings is 1. The Morgan fingerprint density at radius 2 is 1.05 bits per heavy atom. The molecule has 3 atom stereocenters. The number of carbonyl (C=O) groups is 10. The van der Waals surface area contributed by atoms with E-state index in [0.717, 1.165) is 50.5 Å². The quantitative estimate of drug-likeness (QED) is 0.0425. The maximum Gasteiger partial charge on any atom is 0.326 e. The van der Waals surface area contributed by atoms with E-state index in [4.69, 9.17) is 20.2 Å². The predicted octanol–water partition coefficient (Wildman–Crippen LogP) is 1.67. The SMILES string of the molecule is O=C(O)CCCC1CCN(c2nc(NCCCCCCCC(=O)NCCCCC(NC(=O)NC(CCC(=O)O)C(=O)O)C(=O)O)nc(Nc3ccc(CC4CN(CC(=O)O)CCN(CC(=O)O)CCN(CC(=O)O)CCN4CC(=O)O)cc3)n2)CC1. The fourth-order valence-electron chi connectivity index (χ4n) is 10.2. The molecule has 2 aliphatic heterocycles. The molecule has 31 heteroatoms. The molecular formula is C55H85N13O18. The van der Waals surface area contributed by atoms with Gasteiger partial charge in [0.1, 0.15) is 12.1 Å². The summed E-state index contributed by atoms with van der Waals surface area (Å²) in [5.41, 5.74) is 1.41. The van der Waals surface area contributed by atoms with Crippen LogP contribution in [0, 0.1) is 5.92 Å². The summed E-state index contributed by atoms with van der Waals surface area (Å²) in [4.78, 5) is 141. The maximum absolute atomic E-state index is 12.5. The minimum atomic E-state index is -1.52. The van der Waals surface area contributed by atoms with Gasteiger partial charge in [0.15, 0.2) is 0 Å². The number of anilines is 4. The van der Waals surface area contributed by atoms with Gasteiger partial charge in [-0.15, -0.1) is 0 Å². The van der Waals surface area contributed by atoms with Crippen molar-refractivity contribution < 1.29 is 88.8 Å². The van der Waals surface area contributed by atoms with Crippen molar-refractivity contribution in [2.75, 3.05) is 114 Å². The van der Waals surface area contributed by atoms with Crippen LogP contribution in [0.2, 0.25) is 0 Å². The molecular weight excluding hydrogens is 1130 g/mol. The molecule has 2 aliphatic rings. The highest BCUT2D eigenvalue weighted by Crippen LogP contribution is 2.27. The summed E-state index contributed by atoms with van der Waals surface area (Å²) in [6.07, 6.45) is 7.53. The third-order valence-corrected chi connectivity index (χ3v) is 14.7. The molecule has 0 radical (unpaired) electrons. The normalized spacial score (nSPS) is 16.7. The minimum Gasteiger partial charge on any atom is -0.481 e. The highest BCUT2D eigenvalue weighted by atomic mass is 16.4. The zero-order valence-corrected chi connectivity index (χ0v) is 48.5. The van der Waals surface area contributed by atoms with Gasteiger partial charge in [-0.25, -0.2) is 14.4 Å². The summed E-state index contributed by atoms with van der Waals surface area (Å²) >= 11 is 0. The van der Waals surface area contributed by atoms with Crippen molar-refractivity contribution in [2.45, 2.75) is 127 Å². The van der Waals surface area contributed by atoms with E-state index in [1.165, 1.54) is 0 Å². The maximum atomic E-state index is 12.5. The standard InChI is InChI=1S/C55H85N13O18/c69-43(56-21-7-5-10-41(50(82)83)59-55(86)60-42(51(84)85)17-18-45(72)73)11-4-2-1-3-6-22-57-52-61-53(63-54(62-52)67-23-19-37(20-24-67)9-8-12-44(70)71)58-39-15-13-38(14-16-39)31-40-32-66(35-48(78)79)28-27-64(33-46(74)75)25-26-65(34-47(76)77)29-30-68(40)36-49(80)81/h13-16,37,40-42H,1-12,17-36H2,(H,56,69)(H,70,71)(H,72,73)(H,74,75)(H,76,77)(H,78,79)(H,80,81)(H,82,83)(H,84,85)(H2,59,60,86)(H2,57,58,61,62,63). The number of hydrogen-bond acceptors (Lipinski definition) is 20. The number of carboxylic acids is 8. The predicted molar refractivity (Wildman–Crippen MR) is 309 cm³/mol. The van der Waals surface area contributed by atoms with E-state index in [-0.39, 0.29) is 110 Å². The van der Waals surface area contributed by atoms with Gasteiger partial charge in [0.05, 0.1) is 26.2 Å². The zero-order valence-electron chi connectivity index (χ0n) is 48.5. The van der Waals surface area contributed by atoms with Gasteiger partial charge in [-0.05, 0) is 94.2 Å². The number of carbonyl (C=O) groups excluding carboxylic acids is 2. The van der Waals surface area contributed by atoms with E-state index < -0.39 is 84.9 Å². The van der Waals surface area contributed by atoms with Gasteiger partial charge in [0.25, 0.3) is 0 Å². The Labute approximate surface area is 497 Å². The van der Waals surface area contributed by atoms with Crippen molar-refractivity contribution in [3.05, 3.63) is 29.8 Å². The minimum absolute atomic E-state index is 0.00634. The van der Waals surface area contributed by atoms with Gasteiger partial charge in [-0.2, -0.15) is 15.0 Å². The second kappa shape index (κ2) is 38.1. The van der Waals surface area contributed by atoms with E-state index in [1.807, 2.05) is 24.3 Å². The smallest absolute Gasteiger partial charge is 0.326 e. The van der Waals surface area contributed by atoms with Gasteiger partial charge in [-0.3, -0.25) is 53.2 Å². The number of carboxylic acid groups (broad SMARTS) is 8. The molecule has 86 heavy (non-hydrogen) atoms. The molecule has 0 spiro atoms. The van der Waals surface area contributed by atoms with E-state index in [9.17, 15) is 78.6 Å². The van der Waals surface area contributed by atoms with Crippen molar-refractivity contribution in [1.29, 1.82) is 0 Å². The highest BCUT2D eigenvalue weighted by molar-refractivity contribution is 5.86. The summed E-state index contributed by atoms with van der Waals surface area (Å²) in [5, 5.41) is 89.6. The Bertz CT molecular complexity index is 2540. The average Bonchev–Trinajstić information content (AvgIpc) is 3.64. The van der Waals surface area contributed by atoms with Crippen molar-refractivity contribution in [3.63, 3.8) is 0 Å². The van der Waals surface area contributed by atoms with Crippen LogP contribution in [0.3, 0.4) is 0 Å². The van der Waals surface area contributed by atoms with E-state index in [2.05, 4.69) is 36.5 Å². The molecule has 1 aromatic carbocycles. The van der Waals surface area contributed by atoms with Gasteiger partial charge in [0.2, 0.25) is 23.8 Å². The van der Waals surface area contributed by atoms with Crippen LogP contribution in [-0.2, 0) is 49.6 Å². The number of hydrogen-bond donors (Lipinski definition) is 13. The Balaban J connectivity index is 1.34. The Kier molecular flexibility index (Phi) is 31.2. The topological polar surface area (TPSA) is 448 Å². The number of unbranched alkanes of at least 4 members (excludes halogenated alkanes) is 5. The third kappa shape index (κ3) is 29.2. The molecule has 3 unspecified atom stereocenters. The summed E-state index contributed by atoms with van der Waals surface area (Å²) < 4.78 is 0. The van der Waals surface area contributed by atoms with Gasteiger partial charge < -0.3 is 72.3 Å². The van der Waals surface area contributed by atoms with E-state index in [0.29, 0.717) is 75.2 Å². The molecule has 3 amide bonds. The monoisotopic (exact) mass is 1220 g/mol. The Morgan fingerprint density at radius 1 is 0.512 bits per heavy atom. The number of nitrogens with one attached hydrogen (secondary N) is 5. The molecule has 478 valence electrons. The number of aromatic nitrogens is 3. The first-order chi connectivity index (χ1) is 41.0. The molecule has 3 heterocycles. The first-order valence-electron chi connectivity index (χ1n) is 29.1. The molecule has 2 fully saturated rings. The third-order valence-electron chi connectivity index (χ3n) is 14.7. The average molecular weight is 1220 g/mol. The Morgan fingerprint density at radius 3 is 1.64 bits per heavy atom. The Hall–Kier alpha value is -8.03. The lowest BCUT2D eigenvalue weighted by Gasteiger charge is -2.37. The number of urea groups is 1. The van der Waals surface area contributed by atoms with Crippen LogP contribution in [-0.4, -0.2) is 251 Å². The molecule has 13 N–H and O–H groups in total. The fourth-order valence-corrected chi connectivity index (χ4v) is 10.2. The number of rotatable bonds is 38. The van der Waals surface area contributed by atoms with Crippen LogP contribution in [0.4, 0.5) is 28.3 Å². The molecule has 0 bridgehead atoms. The number of amides is 3. The summed E-state index contributed by atoms with van der Waals surface area (Å²) in [6.45, 7) is 1.77.